The zero-order valence-electron chi connectivity index (χ0n) is 11.7. The molecule has 0 radical (unpaired) electrons. The average molecular weight is 301 g/mol. The van der Waals surface area contributed by atoms with E-state index in [0.717, 1.165) is 5.56 Å². The Balaban J connectivity index is 1.94. The molecule has 3 aromatic rings. The van der Waals surface area contributed by atoms with Crippen LogP contribution in [0.5, 0.6) is 0 Å². The van der Waals surface area contributed by atoms with Gasteiger partial charge in [-0.2, -0.15) is 0 Å². The molecule has 2 heterocycles. The van der Waals surface area contributed by atoms with Gasteiger partial charge in [-0.05, 0) is 12.1 Å². The van der Waals surface area contributed by atoms with Crippen LogP contribution >= 0.6 is 0 Å². The number of carbonyl (C=O) groups excluding carboxylic acids is 2. The second kappa shape index (κ2) is 5.48. The zero-order valence-corrected chi connectivity index (χ0v) is 11.7. The van der Waals surface area contributed by atoms with E-state index in [1.54, 1.807) is 18.3 Å². The fraction of sp³-hybridized carbons (Fsp3) is 0.125. The number of ether oxygens (including phenoxy) is 1. The molecule has 22 heavy (non-hydrogen) atoms. The van der Waals surface area contributed by atoms with E-state index in [1.807, 2.05) is 0 Å². The molecule has 0 atom stereocenters. The molecular weight excluding hydrogens is 289 g/mol. The fourth-order valence-electron chi connectivity index (χ4n) is 2.27. The van der Waals surface area contributed by atoms with Crippen molar-refractivity contribution in [2.24, 2.45) is 0 Å². The molecule has 0 saturated heterocycles. The largest absolute Gasteiger partial charge is 0.469 e. The molecule has 0 saturated carbocycles. The highest BCUT2D eigenvalue weighted by atomic mass is 19.1. The van der Waals surface area contributed by atoms with Gasteiger partial charge in [0.25, 0.3) is 0 Å². The Bertz CT molecular complexity index is 862. The Morgan fingerprint density at radius 3 is 2.95 bits per heavy atom. The second-order valence-electron chi connectivity index (χ2n) is 4.74. The molecule has 1 N–H and O–H groups in total. The molecule has 2 aromatic heterocycles. The predicted octanol–water partition coefficient (Wildman–Crippen LogP) is 3.31. The van der Waals surface area contributed by atoms with Gasteiger partial charge >= 0.3 is 5.97 Å². The Morgan fingerprint density at radius 2 is 2.18 bits per heavy atom. The normalized spacial score (nSPS) is 10.8. The first kappa shape index (κ1) is 14.1. The third-order valence-electron chi connectivity index (χ3n) is 3.38. The Kier molecular flexibility index (Phi) is 3.50. The molecule has 5 nitrogen and oxygen atoms in total. The molecule has 0 fully saturated rings. The van der Waals surface area contributed by atoms with Crippen LogP contribution in [0.3, 0.4) is 0 Å². The number of hydrogen-bond donors (Lipinski definition) is 1. The summed E-state index contributed by atoms with van der Waals surface area (Å²) >= 11 is 0. The van der Waals surface area contributed by atoms with E-state index in [0.29, 0.717) is 16.5 Å². The number of halogens is 1. The van der Waals surface area contributed by atoms with Crippen molar-refractivity contribution in [3.63, 3.8) is 0 Å². The van der Waals surface area contributed by atoms with Crippen LogP contribution in [-0.2, 0) is 9.53 Å². The SMILES string of the molecule is COC(=O)CC(=O)c1cc(-c2c[nH]c3c(F)cccc23)co1. The molecule has 0 aliphatic carbocycles. The molecule has 3 rings (SSSR count). The number of para-hydroxylation sites is 1. The molecule has 112 valence electrons. The number of aromatic amines is 1. The highest BCUT2D eigenvalue weighted by Gasteiger charge is 2.18. The number of carbonyl (C=O) groups is 2. The topological polar surface area (TPSA) is 72.3 Å². The van der Waals surface area contributed by atoms with Crippen molar-refractivity contribution in [1.82, 2.24) is 4.98 Å². The Labute approximate surface area is 124 Å². The first-order valence-electron chi connectivity index (χ1n) is 6.54. The van der Waals surface area contributed by atoms with Gasteiger partial charge in [0.2, 0.25) is 5.78 Å². The minimum absolute atomic E-state index is 0.0613. The van der Waals surface area contributed by atoms with Gasteiger partial charge in [0.15, 0.2) is 5.76 Å². The van der Waals surface area contributed by atoms with Crippen LogP contribution in [0.25, 0.3) is 22.0 Å². The number of furan rings is 1. The van der Waals surface area contributed by atoms with Crippen molar-refractivity contribution in [3.8, 4) is 11.1 Å². The predicted molar refractivity (Wildman–Crippen MR) is 76.9 cm³/mol. The Morgan fingerprint density at radius 1 is 1.36 bits per heavy atom. The number of nitrogens with one attached hydrogen (secondary N) is 1. The number of methoxy groups -OCH3 is 1. The van der Waals surface area contributed by atoms with Gasteiger partial charge in [0.1, 0.15) is 12.2 Å². The second-order valence-corrected chi connectivity index (χ2v) is 4.74. The van der Waals surface area contributed by atoms with Crippen LogP contribution in [-0.4, -0.2) is 23.8 Å². The fourth-order valence-corrected chi connectivity index (χ4v) is 2.27. The third kappa shape index (κ3) is 2.39. The number of benzene rings is 1. The summed E-state index contributed by atoms with van der Waals surface area (Å²) in [6.07, 6.45) is 2.66. The summed E-state index contributed by atoms with van der Waals surface area (Å²) in [6, 6.07) is 6.27. The standard InChI is InChI=1S/C16H12FNO4/c1-21-15(20)6-13(19)14-5-9(8-22-14)11-7-18-16-10(11)3-2-4-12(16)17/h2-5,7-8,18H,6H2,1H3. The Hall–Kier alpha value is -2.89. The minimum atomic E-state index is -0.628. The smallest absolute Gasteiger partial charge is 0.313 e. The number of aromatic nitrogens is 1. The number of hydrogen-bond acceptors (Lipinski definition) is 4. The molecule has 0 aliphatic rings. The number of Topliss-reactive ketones (excluding diaryl/α,β-unsaturated/α-hetero) is 1. The van der Waals surface area contributed by atoms with Gasteiger partial charge < -0.3 is 14.1 Å². The molecule has 6 heteroatoms. The van der Waals surface area contributed by atoms with Gasteiger partial charge in [-0.15, -0.1) is 0 Å². The van der Waals surface area contributed by atoms with Gasteiger partial charge in [0.05, 0.1) is 18.9 Å². The van der Waals surface area contributed by atoms with Gasteiger partial charge in [0, 0.05) is 22.7 Å². The summed E-state index contributed by atoms with van der Waals surface area (Å²) < 4.78 is 23.3. The number of rotatable bonds is 4. The van der Waals surface area contributed by atoms with Crippen molar-refractivity contribution < 1.29 is 23.1 Å². The van der Waals surface area contributed by atoms with E-state index in [1.165, 1.54) is 25.5 Å². The van der Waals surface area contributed by atoms with E-state index in [-0.39, 0.29) is 18.0 Å². The van der Waals surface area contributed by atoms with E-state index >= 15 is 0 Å². The summed E-state index contributed by atoms with van der Waals surface area (Å²) in [5, 5.41) is 0.688. The van der Waals surface area contributed by atoms with Gasteiger partial charge in [-0.1, -0.05) is 12.1 Å². The zero-order chi connectivity index (χ0) is 15.7. The van der Waals surface area contributed by atoms with E-state index < -0.39 is 11.8 Å². The maximum absolute atomic E-state index is 13.7. The summed E-state index contributed by atoms with van der Waals surface area (Å²) in [5.41, 5.74) is 1.74. The quantitative estimate of drug-likeness (QED) is 0.456. The van der Waals surface area contributed by atoms with Crippen LogP contribution in [0.4, 0.5) is 4.39 Å². The highest BCUT2D eigenvalue weighted by Crippen LogP contribution is 2.31. The highest BCUT2D eigenvalue weighted by molar-refractivity contribution is 6.05. The van der Waals surface area contributed by atoms with E-state index in [2.05, 4.69) is 9.72 Å². The monoisotopic (exact) mass is 301 g/mol. The lowest BCUT2D eigenvalue weighted by molar-refractivity contribution is -0.139. The molecule has 1 aromatic carbocycles. The maximum Gasteiger partial charge on any atom is 0.313 e. The molecule has 0 aliphatic heterocycles. The summed E-state index contributed by atoms with van der Waals surface area (Å²) in [6.45, 7) is 0. The lowest BCUT2D eigenvalue weighted by Crippen LogP contribution is -2.08. The number of fused-ring (bicyclic) bond motifs is 1. The molecule has 0 amide bonds. The molecule has 0 unspecified atom stereocenters. The first-order chi connectivity index (χ1) is 10.6. The van der Waals surface area contributed by atoms with Crippen LogP contribution in [0.2, 0.25) is 0 Å². The van der Waals surface area contributed by atoms with Crippen molar-refractivity contribution >= 4 is 22.7 Å². The first-order valence-corrected chi connectivity index (χ1v) is 6.54. The minimum Gasteiger partial charge on any atom is -0.469 e. The van der Waals surface area contributed by atoms with Crippen LogP contribution < -0.4 is 0 Å². The lowest BCUT2D eigenvalue weighted by Gasteiger charge is -1.96. The molecule has 0 bridgehead atoms. The summed E-state index contributed by atoms with van der Waals surface area (Å²) in [7, 11) is 1.21. The van der Waals surface area contributed by atoms with Gasteiger partial charge in [-0.3, -0.25) is 9.59 Å². The average Bonchev–Trinajstić information content (AvgIpc) is 3.13. The number of H-pyrrole nitrogens is 1. The third-order valence-corrected chi connectivity index (χ3v) is 3.38. The number of ketones is 1. The van der Waals surface area contributed by atoms with Crippen LogP contribution in [0.1, 0.15) is 17.0 Å². The van der Waals surface area contributed by atoms with Gasteiger partial charge in [-0.25, -0.2) is 4.39 Å². The summed E-state index contributed by atoms with van der Waals surface area (Å²) in [5.74, 6) is -1.39. The van der Waals surface area contributed by atoms with Crippen molar-refractivity contribution in [2.45, 2.75) is 6.42 Å². The summed E-state index contributed by atoms with van der Waals surface area (Å²) in [4.78, 5) is 25.8. The van der Waals surface area contributed by atoms with E-state index in [4.69, 9.17) is 4.42 Å². The van der Waals surface area contributed by atoms with Crippen molar-refractivity contribution in [2.75, 3.05) is 7.11 Å². The maximum atomic E-state index is 13.7. The van der Waals surface area contributed by atoms with Crippen LogP contribution in [0, 0.1) is 5.82 Å². The van der Waals surface area contributed by atoms with Crippen LogP contribution in [0.15, 0.2) is 41.1 Å². The molecule has 0 spiro atoms. The lowest BCUT2D eigenvalue weighted by atomic mass is 10.1. The number of esters is 1. The molecular formula is C16H12FNO4. The van der Waals surface area contributed by atoms with Crippen molar-refractivity contribution in [3.05, 3.63) is 48.3 Å². The van der Waals surface area contributed by atoms with Crippen molar-refractivity contribution in [1.29, 1.82) is 0 Å². The van der Waals surface area contributed by atoms with E-state index in [9.17, 15) is 14.0 Å².